The summed E-state index contributed by atoms with van der Waals surface area (Å²) in [4.78, 5) is 14.6. The van der Waals surface area contributed by atoms with Crippen LogP contribution in [0.4, 0.5) is 5.69 Å². The second-order valence-corrected chi connectivity index (χ2v) is 7.18. The highest BCUT2D eigenvalue weighted by atomic mass is 16.5. The maximum atomic E-state index is 12.7. The molecule has 0 fully saturated rings. The number of hydrogen-bond acceptors (Lipinski definition) is 5. The molecule has 6 nitrogen and oxygen atoms in total. The predicted octanol–water partition coefficient (Wildman–Crippen LogP) is 4.67. The van der Waals surface area contributed by atoms with Crippen LogP contribution in [0.25, 0.3) is 21.9 Å². The molecule has 0 atom stereocenters. The third-order valence-corrected chi connectivity index (χ3v) is 5.02. The quantitative estimate of drug-likeness (QED) is 0.485. The number of likely N-dealkylation sites (N-methyl/N-ethyl adjacent to an activating group) is 1. The van der Waals surface area contributed by atoms with E-state index in [0.29, 0.717) is 23.6 Å². The number of hydrogen-bond donors (Lipinski definition) is 1. The van der Waals surface area contributed by atoms with Crippen LogP contribution in [0.5, 0.6) is 11.5 Å². The van der Waals surface area contributed by atoms with Crippen molar-refractivity contribution in [3.63, 3.8) is 0 Å². The topological polar surface area (TPSA) is 63.9 Å². The van der Waals surface area contributed by atoms with E-state index in [1.165, 1.54) is 0 Å². The molecule has 1 aromatic heterocycles. The van der Waals surface area contributed by atoms with Crippen LogP contribution in [0.15, 0.2) is 65.1 Å². The third-order valence-electron chi connectivity index (χ3n) is 5.02. The zero-order chi connectivity index (χ0) is 21.1. The molecule has 6 heteroatoms. The van der Waals surface area contributed by atoms with Crippen LogP contribution in [0.2, 0.25) is 0 Å². The summed E-state index contributed by atoms with van der Waals surface area (Å²) >= 11 is 0. The molecular formula is C24H24N2O4. The predicted molar refractivity (Wildman–Crippen MR) is 118 cm³/mol. The van der Waals surface area contributed by atoms with Crippen molar-refractivity contribution in [1.29, 1.82) is 0 Å². The van der Waals surface area contributed by atoms with Gasteiger partial charge in [0.25, 0.3) is 0 Å². The van der Waals surface area contributed by atoms with E-state index in [4.69, 9.17) is 13.9 Å². The van der Waals surface area contributed by atoms with Crippen molar-refractivity contribution in [2.75, 3.05) is 33.1 Å². The minimum absolute atomic E-state index is 0.138. The summed E-state index contributed by atoms with van der Waals surface area (Å²) in [5.74, 6) is 1.26. The molecular weight excluding hydrogens is 380 g/mol. The molecule has 1 heterocycles. The van der Waals surface area contributed by atoms with E-state index in [2.05, 4.69) is 5.32 Å². The molecule has 0 radical (unpaired) electrons. The van der Waals surface area contributed by atoms with Gasteiger partial charge in [0.05, 0.1) is 26.5 Å². The molecule has 4 rings (SSSR count). The number of benzene rings is 3. The van der Waals surface area contributed by atoms with Gasteiger partial charge in [-0.05, 0) is 25.2 Å². The maximum Gasteiger partial charge on any atom is 0.238 e. The third kappa shape index (κ3) is 3.95. The molecule has 0 aliphatic carbocycles. The van der Waals surface area contributed by atoms with Crippen LogP contribution < -0.4 is 14.8 Å². The van der Waals surface area contributed by atoms with Crippen LogP contribution in [0.3, 0.4) is 0 Å². The Morgan fingerprint density at radius 2 is 1.67 bits per heavy atom. The minimum atomic E-state index is -0.138. The van der Waals surface area contributed by atoms with E-state index in [1.807, 2.05) is 72.6 Å². The van der Waals surface area contributed by atoms with Crippen molar-refractivity contribution >= 4 is 33.5 Å². The number of para-hydroxylation sites is 2. The maximum absolute atomic E-state index is 12.7. The van der Waals surface area contributed by atoms with Gasteiger partial charge in [0.2, 0.25) is 5.91 Å². The number of methoxy groups -OCH3 is 2. The fourth-order valence-electron chi connectivity index (χ4n) is 3.63. The Hall–Kier alpha value is -3.51. The molecule has 3 aromatic carbocycles. The van der Waals surface area contributed by atoms with Crippen molar-refractivity contribution in [1.82, 2.24) is 4.90 Å². The zero-order valence-electron chi connectivity index (χ0n) is 17.3. The van der Waals surface area contributed by atoms with Gasteiger partial charge in [-0.1, -0.05) is 36.4 Å². The fourth-order valence-corrected chi connectivity index (χ4v) is 3.63. The summed E-state index contributed by atoms with van der Waals surface area (Å²) in [6.07, 6.45) is 0. The SMILES string of the molecule is COc1ccccc1CN(C)CC(=O)Nc1cc2oc3ccccc3c2cc1OC. The van der Waals surface area contributed by atoms with Gasteiger partial charge in [-0.15, -0.1) is 0 Å². The number of fused-ring (bicyclic) bond motifs is 3. The Labute approximate surface area is 175 Å². The number of carbonyl (C=O) groups excluding carboxylic acids is 1. The molecule has 30 heavy (non-hydrogen) atoms. The van der Waals surface area contributed by atoms with Gasteiger partial charge in [0.15, 0.2) is 0 Å². The Bertz CT molecular complexity index is 1200. The number of furan rings is 1. The van der Waals surface area contributed by atoms with E-state index in [0.717, 1.165) is 27.7 Å². The molecule has 0 spiro atoms. The summed E-state index contributed by atoms with van der Waals surface area (Å²) in [6.45, 7) is 0.816. The van der Waals surface area contributed by atoms with Gasteiger partial charge in [0.1, 0.15) is 22.7 Å². The Kier molecular flexibility index (Phi) is 5.59. The molecule has 0 aliphatic rings. The standard InChI is InChI=1S/C24H24N2O4/c1-26(14-16-8-4-6-10-20(16)28-2)15-24(27)25-19-13-22-18(12-23(19)29-3)17-9-5-7-11-21(17)30-22/h4-13H,14-15H2,1-3H3,(H,25,27). The summed E-state index contributed by atoms with van der Waals surface area (Å²) in [6, 6.07) is 19.3. The van der Waals surface area contributed by atoms with E-state index in [-0.39, 0.29) is 12.5 Å². The van der Waals surface area contributed by atoms with Crippen LogP contribution in [0, 0.1) is 0 Å². The normalized spacial score (nSPS) is 11.2. The largest absolute Gasteiger partial charge is 0.496 e. The molecule has 0 bridgehead atoms. The highest BCUT2D eigenvalue weighted by molar-refractivity contribution is 6.07. The lowest BCUT2D eigenvalue weighted by molar-refractivity contribution is -0.117. The summed E-state index contributed by atoms with van der Waals surface area (Å²) < 4.78 is 16.8. The van der Waals surface area contributed by atoms with E-state index in [1.54, 1.807) is 14.2 Å². The molecule has 0 unspecified atom stereocenters. The lowest BCUT2D eigenvalue weighted by Gasteiger charge is -2.18. The van der Waals surface area contributed by atoms with Crippen LogP contribution in [-0.4, -0.2) is 38.6 Å². The Morgan fingerprint density at radius 3 is 2.47 bits per heavy atom. The molecule has 0 saturated carbocycles. The smallest absolute Gasteiger partial charge is 0.238 e. The molecule has 4 aromatic rings. The average Bonchev–Trinajstić information content (AvgIpc) is 3.10. The zero-order valence-corrected chi connectivity index (χ0v) is 17.3. The highest BCUT2D eigenvalue weighted by Gasteiger charge is 2.15. The van der Waals surface area contributed by atoms with Crippen molar-refractivity contribution < 1.29 is 18.7 Å². The number of anilines is 1. The first-order valence-corrected chi connectivity index (χ1v) is 9.68. The lowest BCUT2D eigenvalue weighted by Crippen LogP contribution is -2.30. The second kappa shape index (κ2) is 8.47. The number of amides is 1. The van der Waals surface area contributed by atoms with E-state index < -0.39 is 0 Å². The Morgan fingerprint density at radius 1 is 0.933 bits per heavy atom. The molecule has 154 valence electrons. The first-order valence-electron chi connectivity index (χ1n) is 9.68. The Balaban J connectivity index is 1.51. The number of ether oxygens (including phenoxy) is 2. The van der Waals surface area contributed by atoms with Crippen LogP contribution in [-0.2, 0) is 11.3 Å². The van der Waals surface area contributed by atoms with Gasteiger partial charge in [-0.3, -0.25) is 9.69 Å². The number of carbonyl (C=O) groups is 1. The number of nitrogens with zero attached hydrogens (tertiary/aromatic N) is 1. The molecule has 1 N–H and O–H groups in total. The molecule has 0 aliphatic heterocycles. The van der Waals surface area contributed by atoms with Gasteiger partial charge in [-0.25, -0.2) is 0 Å². The summed E-state index contributed by atoms with van der Waals surface area (Å²) in [5, 5.41) is 4.91. The van der Waals surface area contributed by atoms with Gasteiger partial charge < -0.3 is 19.2 Å². The van der Waals surface area contributed by atoms with Crippen molar-refractivity contribution in [3.05, 3.63) is 66.2 Å². The van der Waals surface area contributed by atoms with Crippen molar-refractivity contribution in [3.8, 4) is 11.5 Å². The van der Waals surface area contributed by atoms with Gasteiger partial charge >= 0.3 is 0 Å². The highest BCUT2D eigenvalue weighted by Crippen LogP contribution is 2.36. The van der Waals surface area contributed by atoms with E-state index in [9.17, 15) is 4.79 Å². The first kappa shape index (κ1) is 19.8. The van der Waals surface area contributed by atoms with Crippen molar-refractivity contribution in [2.24, 2.45) is 0 Å². The molecule has 1 amide bonds. The second-order valence-electron chi connectivity index (χ2n) is 7.18. The van der Waals surface area contributed by atoms with Crippen molar-refractivity contribution in [2.45, 2.75) is 6.54 Å². The van der Waals surface area contributed by atoms with E-state index >= 15 is 0 Å². The fraction of sp³-hybridized carbons (Fsp3) is 0.208. The lowest BCUT2D eigenvalue weighted by atomic mass is 10.1. The number of rotatable bonds is 7. The summed E-state index contributed by atoms with van der Waals surface area (Å²) in [5.41, 5.74) is 3.11. The van der Waals surface area contributed by atoms with Gasteiger partial charge in [0, 0.05) is 28.9 Å². The van der Waals surface area contributed by atoms with Crippen LogP contribution >= 0.6 is 0 Å². The minimum Gasteiger partial charge on any atom is -0.496 e. The first-order chi connectivity index (χ1) is 14.6. The average molecular weight is 404 g/mol. The summed E-state index contributed by atoms with van der Waals surface area (Å²) in [7, 11) is 5.13. The molecule has 0 saturated heterocycles. The number of nitrogens with one attached hydrogen (secondary N) is 1. The van der Waals surface area contributed by atoms with Crippen LogP contribution in [0.1, 0.15) is 5.56 Å². The monoisotopic (exact) mass is 404 g/mol. The van der Waals surface area contributed by atoms with Gasteiger partial charge in [-0.2, -0.15) is 0 Å².